The molecule has 4 nitrogen and oxygen atoms in total. The van der Waals surface area contributed by atoms with Crippen molar-refractivity contribution < 1.29 is 9.53 Å². The molecule has 0 atom stereocenters. The molecule has 1 aromatic heterocycles. The summed E-state index contributed by atoms with van der Waals surface area (Å²) >= 11 is 0. The van der Waals surface area contributed by atoms with Crippen LogP contribution in [0.5, 0.6) is 5.75 Å². The average molecular weight is 300 g/mol. The van der Waals surface area contributed by atoms with Crippen LogP contribution in [-0.2, 0) is 6.54 Å². The topological polar surface area (TPSA) is 57.2 Å². The molecule has 0 spiro atoms. The zero-order valence-electron chi connectivity index (χ0n) is 13.8. The minimum Gasteiger partial charge on any atom is -0.496 e. The fourth-order valence-electron chi connectivity index (χ4n) is 3.02. The Morgan fingerprint density at radius 2 is 1.91 bits per heavy atom. The van der Waals surface area contributed by atoms with Crippen molar-refractivity contribution in [2.45, 2.75) is 40.2 Å². The van der Waals surface area contributed by atoms with Crippen LogP contribution in [0.4, 0.5) is 0 Å². The zero-order chi connectivity index (χ0) is 16.3. The summed E-state index contributed by atoms with van der Waals surface area (Å²) in [6.45, 7) is 7.05. The first-order chi connectivity index (χ1) is 10.5. The third-order valence-corrected chi connectivity index (χ3v) is 4.14. The van der Waals surface area contributed by atoms with Gasteiger partial charge in [0.1, 0.15) is 5.75 Å². The second-order valence-electron chi connectivity index (χ2n) is 5.49. The highest BCUT2D eigenvalue weighted by atomic mass is 16.5. The number of ether oxygens (including phenoxy) is 1. The number of carbonyl (C=O) groups is 1. The second-order valence-corrected chi connectivity index (χ2v) is 5.49. The van der Waals surface area contributed by atoms with Gasteiger partial charge in [-0.25, -0.2) is 0 Å². The van der Waals surface area contributed by atoms with Crippen LogP contribution in [0.1, 0.15) is 41.5 Å². The summed E-state index contributed by atoms with van der Waals surface area (Å²) in [6, 6.07) is 7.73. The molecule has 0 fully saturated rings. The molecule has 0 aliphatic rings. The molecule has 0 saturated heterocycles. The number of hydrogen-bond donors (Lipinski definition) is 1. The van der Waals surface area contributed by atoms with E-state index in [1.807, 2.05) is 38.1 Å². The van der Waals surface area contributed by atoms with Gasteiger partial charge in [-0.05, 0) is 26.3 Å². The molecular weight excluding hydrogens is 276 g/mol. The molecule has 118 valence electrons. The number of carbonyl (C=O) groups excluding carboxylic acids is 1. The van der Waals surface area contributed by atoms with E-state index in [0.29, 0.717) is 5.56 Å². The van der Waals surface area contributed by atoms with Crippen LogP contribution >= 0.6 is 0 Å². The fraction of sp³-hybridized carbons (Fsp3) is 0.389. The number of benzene rings is 1. The van der Waals surface area contributed by atoms with Crippen LogP contribution < -0.4 is 10.5 Å². The Balaban J connectivity index is 2.71. The van der Waals surface area contributed by atoms with Crippen LogP contribution in [0, 0.1) is 13.8 Å². The van der Waals surface area contributed by atoms with Crippen molar-refractivity contribution >= 4 is 5.91 Å². The summed E-state index contributed by atoms with van der Waals surface area (Å²) in [5.74, 6) is 0.359. The number of nitrogens with zero attached hydrogens (tertiary/aromatic N) is 1. The Hall–Kier alpha value is -2.23. The number of aromatic nitrogens is 1. The molecule has 22 heavy (non-hydrogen) atoms. The SMILES string of the molecule is CCCCn1c(C)c(C(N)=O)c(-c2ccccc2OC)c1C. The number of rotatable bonds is 6. The number of hydrogen-bond acceptors (Lipinski definition) is 2. The molecule has 0 aliphatic carbocycles. The van der Waals surface area contributed by atoms with Gasteiger partial charge in [0.25, 0.3) is 5.91 Å². The molecule has 0 radical (unpaired) electrons. The summed E-state index contributed by atoms with van der Waals surface area (Å²) in [6.07, 6.45) is 2.17. The fourth-order valence-corrected chi connectivity index (χ4v) is 3.02. The lowest BCUT2D eigenvalue weighted by Crippen LogP contribution is -2.13. The lowest BCUT2D eigenvalue weighted by atomic mass is 9.99. The van der Waals surface area contributed by atoms with E-state index in [-0.39, 0.29) is 0 Å². The quantitative estimate of drug-likeness (QED) is 0.884. The van der Waals surface area contributed by atoms with Crippen molar-refractivity contribution in [3.8, 4) is 16.9 Å². The summed E-state index contributed by atoms with van der Waals surface area (Å²) in [5, 5.41) is 0. The van der Waals surface area contributed by atoms with E-state index in [9.17, 15) is 4.79 Å². The molecule has 0 saturated carbocycles. The van der Waals surface area contributed by atoms with Gasteiger partial charge in [0.2, 0.25) is 0 Å². The lowest BCUT2D eigenvalue weighted by molar-refractivity contribution is 0.1000. The van der Waals surface area contributed by atoms with Crippen LogP contribution in [0.3, 0.4) is 0 Å². The predicted octanol–water partition coefficient (Wildman–Crippen LogP) is 3.68. The maximum atomic E-state index is 12.0. The van der Waals surface area contributed by atoms with Crippen LogP contribution in [0.25, 0.3) is 11.1 Å². The molecule has 0 unspecified atom stereocenters. The largest absolute Gasteiger partial charge is 0.496 e. The van der Waals surface area contributed by atoms with Crippen LogP contribution in [0.2, 0.25) is 0 Å². The number of amides is 1. The molecule has 1 aromatic carbocycles. The van der Waals surface area contributed by atoms with Crippen LogP contribution in [-0.4, -0.2) is 17.6 Å². The van der Waals surface area contributed by atoms with Gasteiger partial charge in [-0.3, -0.25) is 4.79 Å². The Morgan fingerprint density at radius 3 is 2.50 bits per heavy atom. The van der Waals surface area contributed by atoms with Crippen molar-refractivity contribution in [3.63, 3.8) is 0 Å². The first-order valence-electron chi connectivity index (χ1n) is 7.65. The number of para-hydroxylation sites is 1. The standard InChI is InChI=1S/C18H24N2O2/c1-5-6-11-20-12(2)16(17(13(20)3)18(19)21)14-9-7-8-10-15(14)22-4/h7-10H,5-6,11H2,1-4H3,(H2,19,21). The molecule has 2 N–H and O–H groups in total. The average Bonchev–Trinajstić information content (AvgIpc) is 2.76. The van der Waals surface area contributed by atoms with E-state index < -0.39 is 5.91 Å². The molecule has 2 aromatic rings. The van der Waals surface area contributed by atoms with Crippen molar-refractivity contribution in [1.82, 2.24) is 4.57 Å². The Bertz CT molecular complexity index is 687. The summed E-state index contributed by atoms with van der Waals surface area (Å²) in [7, 11) is 1.64. The number of unbranched alkanes of at least 4 members (excludes halogenated alkanes) is 1. The highest BCUT2D eigenvalue weighted by Crippen LogP contribution is 2.37. The van der Waals surface area contributed by atoms with E-state index >= 15 is 0 Å². The number of methoxy groups -OCH3 is 1. The maximum absolute atomic E-state index is 12.0. The summed E-state index contributed by atoms with van der Waals surface area (Å²) in [5.41, 5.74) is 10.0. The van der Waals surface area contributed by atoms with E-state index in [1.165, 1.54) is 0 Å². The third-order valence-electron chi connectivity index (χ3n) is 4.14. The monoisotopic (exact) mass is 300 g/mol. The van der Waals surface area contributed by atoms with Crippen molar-refractivity contribution in [2.75, 3.05) is 7.11 Å². The maximum Gasteiger partial charge on any atom is 0.251 e. The molecule has 1 heterocycles. The van der Waals surface area contributed by atoms with Gasteiger partial charge in [-0.15, -0.1) is 0 Å². The number of nitrogens with two attached hydrogens (primary N) is 1. The Morgan fingerprint density at radius 1 is 1.23 bits per heavy atom. The second kappa shape index (κ2) is 6.69. The Kier molecular flexibility index (Phi) is 4.91. The minimum atomic E-state index is -0.392. The number of primary amides is 1. The smallest absolute Gasteiger partial charge is 0.251 e. The van der Waals surface area contributed by atoms with Gasteiger partial charge in [0.15, 0.2) is 0 Å². The van der Waals surface area contributed by atoms with E-state index in [2.05, 4.69) is 11.5 Å². The summed E-state index contributed by atoms with van der Waals surface area (Å²) in [4.78, 5) is 12.0. The highest BCUT2D eigenvalue weighted by Gasteiger charge is 2.24. The molecule has 0 aliphatic heterocycles. The highest BCUT2D eigenvalue weighted by molar-refractivity contribution is 6.02. The third kappa shape index (κ3) is 2.73. The molecule has 0 bridgehead atoms. The predicted molar refractivity (Wildman–Crippen MR) is 89.3 cm³/mol. The van der Waals surface area contributed by atoms with Crippen molar-refractivity contribution in [3.05, 3.63) is 41.2 Å². The summed E-state index contributed by atoms with van der Waals surface area (Å²) < 4.78 is 7.64. The van der Waals surface area contributed by atoms with Gasteiger partial charge < -0.3 is 15.0 Å². The first-order valence-corrected chi connectivity index (χ1v) is 7.65. The van der Waals surface area contributed by atoms with Gasteiger partial charge >= 0.3 is 0 Å². The molecular formula is C18H24N2O2. The first kappa shape index (κ1) is 16.1. The molecule has 1 amide bonds. The normalized spacial score (nSPS) is 10.7. The Labute approximate surface area is 131 Å². The van der Waals surface area contributed by atoms with Crippen molar-refractivity contribution in [1.29, 1.82) is 0 Å². The van der Waals surface area contributed by atoms with Gasteiger partial charge in [0.05, 0.1) is 12.7 Å². The van der Waals surface area contributed by atoms with E-state index in [4.69, 9.17) is 10.5 Å². The van der Waals surface area contributed by atoms with E-state index in [0.717, 1.165) is 47.7 Å². The molecule has 2 rings (SSSR count). The van der Waals surface area contributed by atoms with Crippen molar-refractivity contribution in [2.24, 2.45) is 5.73 Å². The zero-order valence-corrected chi connectivity index (χ0v) is 13.8. The van der Waals surface area contributed by atoms with Gasteiger partial charge in [0, 0.05) is 29.1 Å². The van der Waals surface area contributed by atoms with Gasteiger partial charge in [-0.2, -0.15) is 0 Å². The molecule has 4 heteroatoms. The van der Waals surface area contributed by atoms with Crippen LogP contribution in [0.15, 0.2) is 24.3 Å². The lowest BCUT2D eigenvalue weighted by Gasteiger charge is -2.11. The van der Waals surface area contributed by atoms with E-state index in [1.54, 1.807) is 7.11 Å². The minimum absolute atomic E-state index is 0.392. The van der Waals surface area contributed by atoms with Gasteiger partial charge in [-0.1, -0.05) is 31.5 Å².